The molecule has 19 heavy (non-hydrogen) atoms. The zero-order valence-electron chi connectivity index (χ0n) is 11.0. The van der Waals surface area contributed by atoms with E-state index in [1.165, 1.54) is 5.56 Å². The van der Waals surface area contributed by atoms with Crippen LogP contribution in [0.2, 0.25) is 0 Å². The number of hydrogen-bond acceptors (Lipinski definition) is 2. The molecule has 1 aromatic carbocycles. The van der Waals surface area contributed by atoms with E-state index < -0.39 is 0 Å². The number of nitriles is 1. The molecule has 0 heterocycles. The summed E-state index contributed by atoms with van der Waals surface area (Å²) in [5.41, 5.74) is 0.897. The number of hydrogen-bond donors (Lipinski definition) is 0. The maximum absolute atomic E-state index is 8.95. The van der Waals surface area contributed by atoms with E-state index in [0.29, 0.717) is 6.61 Å². The first-order valence-corrected chi connectivity index (χ1v) is 8.68. The molecule has 0 N–H and O–H groups in total. The average molecular weight is 454 g/mol. The number of nitrogens with zero attached hydrogens (tertiary/aromatic N) is 1. The van der Waals surface area contributed by atoms with Crippen LogP contribution < -0.4 is 4.74 Å². The Hall–Kier alpha value is -0.0500. The maximum atomic E-state index is 8.95. The second-order valence-electron chi connectivity index (χ2n) is 4.97. The first kappa shape index (κ1) is 17.0. The van der Waals surface area contributed by atoms with Gasteiger partial charge < -0.3 is 4.74 Å². The van der Waals surface area contributed by atoms with E-state index in [9.17, 15) is 0 Å². The highest BCUT2D eigenvalue weighted by atomic mass is 79.9. The number of benzene rings is 1. The van der Waals surface area contributed by atoms with Crippen molar-refractivity contribution in [1.82, 2.24) is 0 Å². The zero-order chi connectivity index (χ0) is 14.5. The van der Waals surface area contributed by atoms with Gasteiger partial charge in [0.2, 0.25) is 0 Å². The number of halogens is 3. The minimum absolute atomic E-state index is 0.280. The van der Waals surface area contributed by atoms with Gasteiger partial charge in [0.1, 0.15) is 5.75 Å². The molecule has 0 spiro atoms. The van der Waals surface area contributed by atoms with E-state index in [1.54, 1.807) is 0 Å². The molecule has 1 rings (SSSR count). The fourth-order valence-electron chi connectivity index (χ4n) is 1.57. The summed E-state index contributed by atoms with van der Waals surface area (Å²) in [7, 11) is 0. The zero-order valence-corrected chi connectivity index (χ0v) is 15.7. The molecule has 5 heteroatoms. The molecule has 2 nitrogen and oxygen atoms in total. The van der Waals surface area contributed by atoms with Crippen molar-refractivity contribution in [3.63, 3.8) is 0 Å². The standard InChI is InChI=1S/C14H16Br3NO/c1-14(2,9-18)4-3-5-19-13-11(16)6-10(8-15)7-12(13)17/h6-7H,3-5,8H2,1-2H3. The SMILES string of the molecule is CC(C)(C#N)CCCOc1c(Br)cc(CBr)cc1Br. The lowest BCUT2D eigenvalue weighted by molar-refractivity contribution is 0.281. The number of rotatable bonds is 6. The third-order valence-electron chi connectivity index (χ3n) is 2.71. The number of alkyl halides is 1. The molecule has 0 fully saturated rings. The van der Waals surface area contributed by atoms with Gasteiger partial charge in [0.25, 0.3) is 0 Å². The Morgan fingerprint density at radius 2 is 1.84 bits per heavy atom. The summed E-state index contributed by atoms with van der Waals surface area (Å²) in [5, 5.41) is 9.75. The van der Waals surface area contributed by atoms with Crippen molar-refractivity contribution in [3.8, 4) is 11.8 Å². The summed E-state index contributed by atoms with van der Waals surface area (Å²) >= 11 is 10.5. The van der Waals surface area contributed by atoms with Crippen LogP contribution in [-0.2, 0) is 5.33 Å². The Morgan fingerprint density at radius 1 is 1.26 bits per heavy atom. The molecule has 0 aliphatic heterocycles. The predicted molar refractivity (Wildman–Crippen MR) is 88.6 cm³/mol. The molecule has 0 aromatic heterocycles. The molecular weight excluding hydrogens is 438 g/mol. The van der Waals surface area contributed by atoms with Crippen LogP contribution in [0.15, 0.2) is 21.1 Å². The van der Waals surface area contributed by atoms with Gasteiger partial charge in [-0.3, -0.25) is 0 Å². The van der Waals surface area contributed by atoms with Crippen LogP contribution in [-0.4, -0.2) is 6.61 Å². The molecular formula is C14H16Br3NO. The van der Waals surface area contributed by atoms with E-state index in [2.05, 4.69) is 53.9 Å². The molecule has 104 valence electrons. The lowest BCUT2D eigenvalue weighted by Crippen LogP contribution is -2.10. The molecule has 0 amide bonds. The van der Waals surface area contributed by atoms with Gasteiger partial charge in [0, 0.05) is 5.33 Å². The minimum atomic E-state index is -0.280. The third kappa shape index (κ3) is 5.45. The topological polar surface area (TPSA) is 33.0 Å². The van der Waals surface area contributed by atoms with Crippen molar-refractivity contribution in [3.05, 3.63) is 26.6 Å². The highest BCUT2D eigenvalue weighted by Crippen LogP contribution is 2.35. The van der Waals surface area contributed by atoms with E-state index in [0.717, 1.165) is 32.9 Å². The molecule has 0 aliphatic rings. The molecule has 0 unspecified atom stereocenters. The second kappa shape index (κ2) is 7.66. The number of ether oxygens (including phenoxy) is 1. The molecule has 0 aliphatic carbocycles. The molecule has 0 saturated carbocycles. The van der Waals surface area contributed by atoms with Crippen molar-refractivity contribution in [2.45, 2.75) is 32.0 Å². The summed E-state index contributed by atoms with van der Waals surface area (Å²) in [4.78, 5) is 0. The molecule has 0 bridgehead atoms. The van der Waals surface area contributed by atoms with Crippen molar-refractivity contribution in [2.75, 3.05) is 6.61 Å². The summed E-state index contributed by atoms with van der Waals surface area (Å²) < 4.78 is 7.67. The first-order valence-electron chi connectivity index (χ1n) is 5.97. The van der Waals surface area contributed by atoms with E-state index in [1.807, 2.05) is 26.0 Å². The van der Waals surface area contributed by atoms with E-state index in [4.69, 9.17) is 10.00 Å². The van der Waals surface area contributed by atoms with Gasteiger partial charge in [-0.1, -0.05) is 15.9 Å². The second-order valence-corrected chi connectivity index (χ2v) is 7.24. The molecule has 0 saturated heterocycles. The highest BCUT2D eigenvalue weighted by molar-refractivity contribution is 9.11. The quantitative estimate of drug-likeness (QED) is 0.402. The fraction of sp³-hybridized carbons (Fsp3) is 0.500. The smallest absolute Gasteiger partial charge is 0.147 e. The summed E-state index contributed by atoms with van der Waals surface area (Å²) in [6.07, 6.45) is 1.69. The van der Waals surface area contributed by atoms with Gasteiger partial charge in [-0.15, -0.1) is 0 Å². The average Bonchev–Trinajstić information content (AvgIpc) is 2.36. The van der Waals surface area contributed by atoms with Gasteiger partial charge in [0.15, 0.2) is 0 Å². The van der Waals surface area contributed by atoms with Crippen LogP contribution in [0.4, 0.5) is 0 Å². The van der Waals surface area contributed by atoms with Crippen molar-refractivity contribution in [1.29, 1.82) is 5.26 Å². The minimum Gasteiger partial charge on any atom is -0.491 e. The van der Waals surface area contributed by atoms with Crippen LogP contribution in [0, 0.1) is 16.7 Å². The van der Waals surface area contributed by atoms with Crippen LogP contribution >= 0.6 is 47.8 Å². The van der Waals surface area contributed by atoms with Gasteiger partial charge in [-0.25, -0.2) is 0 Å². The lowest BCUT2D eigenvalue weighted by atomic mass is 9.90. The normalized spacial score (nSPS) is 11.2. The summed E-state index contributed by atoms with van der Waals surface area (Å²) in [6, 6.07) is 6.37. The lowest BCUT2D eigenvalue weighted by Gasteiger charge is -2.16. The van der Waals surface area contributed by atoms with Gasteiger partial charge in [0.05, 0.1) is 27.0 Å². The van der Waals surface area contributed by atoms with Gasteiger partial charge in [-0.05, 0) is 76.2 Å². The van der Waals surface area contributed by atoms with Crippen molar-refractivity contribution >= 4 is 47.8 Å². The predicted octanol–water partition coefficient (Wildman–Crippen LogP) is 5.82. The van der Waals surface area contributed by atoms with E-state index >= 15 is 0 Å². The molecule has 1 aromatic rings. The van der Waals surface area contributed by atoms with Crippen molar-refractivity contribution < 1.29 is 4.74 Å². The summed E-state index contributed by atoms with van der Waals surface area (Å²) in [6.45, 7) is 4.50. The Bertz CT molecular complexity index is 457. The Labute approximate surface area is 139 Å². The Morgan fingerprint density at radius 3 is 2.32 bits per heavy atom. The third-order valence-corrected chi connectivity index (χ3v) is 4.53. The van der Waals surface area contributed by atoms with Gasteiger partial charge in [-0.2, -0.15) is 5.26 Å². The van der Waals surface area contributed by atoms with Crippen molar-refractivity contribution in [2.24, 2.45) is 5.41 Å². The van der Waals surface area contributed by atoms with Crippen LogP contribution in [0.5, 0.6) is 5.75 Å². The highest BCUT2D eigenvalue weighted by Gasteiger charge is 2.16. The fourth-order valence-corrected chi connectivity index (χ4v) is 3.41. The van der Waals surface area contributed by atoms with Crippen LogP contribution in [0.25, 0.3) is 0 Å². The first-order chi connectivity index (χ1) is 8.89. The maximum Gasteiger partial charge on any atom is 0.147 e. The van der Waals surface area contributed by atoms with Gasteiger partial charge >= 0.3 is 0 Å². The largest absolute Gasteiger partial charge is 0.491 e. The Balaban J connectivity index is 2.57. The van der Waals surface area contributed by atoms with Crippen LogP contribution in [0.1, 0.15) is 32.3 Å². The summed E-state index contributed by atoms with van der Waals surface area (Å²) in [5.74, 6) is 0.819. The molecule has 0 atom stereocenters. The van der Waals surface area contributed by atoms with E-state index in [-0.39, 0.29) is 5.41 Å². The molecule has 0 radical (unpaired) electrons. The monoisotopic (exact) mass is 451 g/mol. The van der Waals surface area contributed by atoms with Crippen LogP contribution in [0.3, 0.4) is 0 Å². The Kier molecular flexibility index (Phi) is 6.85.